The predicted molar refractivity (Wildman–Crippen MR) is 208 cm³/mol. The van der Waals surface area contributed by atoms with Gasteiger partial charge in [-0.25, -0.2) is 14.4 Å². The largest absolute Gasteiger partial charge is 0.508 e. The number of aliphatic hydroxyl groups is 2. The van der Waals surface area contributed by atoms with E-state index in [2.05, 4.69) is 21.6 Å². The Morgan fingerprint density at radius 1 is 0.526 bits per heavy atom. The van der Waals surface area contributed by atoms with Gasteiger partial charge in [-0.3, -0.25) is 9.59 Å². The summed E-state index contributed by atoms with van der Waals surface area (Å²) < 4.78 is 38.4. The van der Waals surface area contributed by atoms with E-state index in [0.717, 1.165) is 50.5 Å². The van der Waals surface area contributed by atoms with E-state index in [1.807, 2.05) is 48.5 Å². The van der Waals surface area contributed by atoms with E-state index in [4.69, 9.17) is 38.6 Å². The predicted octanol–water partition coefficient (Wildman–Crippen LogP) is 7.40. The van der Waals surface area contributed by atoms with Crippen molar-refractivity contribution >= 4 is 30.4 Å². The fourth-order valence-corrected chi connectivity index (χ4v) is 5.35. The van der Waals surface area contributed by atoms with Crippen molar-refractivity contribution in [3.63, 3.8) is 0 Å². The van der Waals surface area contributed by atoms with Crippen LogP contribution in [0.3, 0.4) is 0 Å². The molecule has 3 rings (SSSR count). The summed E-state index contributed by atoms with van der Waals surface area (Å²) >= 11 is 0. The quantitative estimate of drug-likeness (QED) is 0.0603. The molecule has 15 heteroatoms. The Bertz CT molecular complexity index is 1330. The number of carbonyl (C=O) groups is 5. The Labute approximate surface area is 336 Å². The normalized spacial score (nSPS) is 12.7. The van der Waals surface area contributed by atoms with E-state index < -0.39 is 18.5 Å². The number of esters is 2. The molecule has 15 nitrogen and oxygen atoms in total. The first kappa shape index (κ1) is 50.1. The minimum absolute atomic E-state index is 0.114. The maximum atomic E-state index is 11.7. The third-order valence-electron chi connectivity index (χ3n) is 8.19. The first-order chi connectivity index (χ1) is 27.7. The van der Waals surface area contributed by atoms with Gasteiger partial charge in [-0.15, -0.1) is 0 Å². The average molecular weight is 807 g/mol. The van der Waals surface area contributed by atoms with Gasteiger partial charge < -0.3 is 48.1 Å². The minimum Gasteiger partial charge on any atom is -0.466 e. The molecule has 0 saturated carbocycles. The molecule has 57 heavy (non-hydrogen) atoms. The lowest BCUT2D eigenvalue weighted by atomic mass is 9.91. The maximum absolute atomic E-state index is 11.7. The second-order valence-electron chi connectivity index (χ2n) is 12.8. The molecule has 1 heterocycles. The smallest absolute Gasteiger partial charge is 0.466 e. The number of cyclic esters (lactones) is 2. The number of hydrogen-bond donors (Lipinski definition) is 2. The lowest BCUT2D eigenvalue weighted by molar-refractivity contribution is -0.142. The van der Waals surface area contributed by atoms with Crippen molar-refractivity contribution < 1.29 is 72.1 Å². The van der Waals surface area contributed by atoms with Crippen LogP contribution in [-0.2, 0) is 47.5 Å². The zero-order valence-electron chi connectivity index (χ0n) is 33.5. The summed E-state index contributed by atoms with van der Waals surface area (Å²) in [5, 5.41) is 17.7. The molecule has 2 unspecified atom stereocenters. The van der Waals surface area contributed by atoms with E-state index in [1.165, 1.54) is 19.4 Å². The second kappa shape index (κ2) is 34.4. The number of carbonyl (C=O) groups excluding carboxylic acids is 5. The summed E-state index contributed by atoms with van der Waals surface area (Å²) in [6.07, 6.45) is 6.28. The lowest BCUT2D eigenvalue weighted by Crippen LogP contribution is -2.16. The van der Waals surface area contributed by atoms with Crippen LogP contribution in [0.4, 0.5) is 14.4 Å². The highest BCUT2D eigenvalue weighted by Gasteiger charge is 2.14. The third kappa shape index (κ3) is 29.1. The molecule has 2 N–H and O–H groups in total. The topological polar surface area (TPSA) is 200 Å². The molecule has 2 aromatic carbocycles. The highest BCUT2D eigenvalue weighted by atomic mass is 16.7. The molecule has 0 aromatic heterocycles. The molecular formula is C42H62O15. The van der Waals surface area contributed by atoms with Gasteiger partial charge in [-0.1, -0.05) is 67.1 Å². The van der Waals surface area contributed by atoms with E-state index >= 15 is 0 Å². The highest BCUT2D eigenvalue weighted by Crippen LogP contribution is 2.26. The van der Waals surface area contributed by atoms with Crippen LogP contribution < -0.4 is 0 Å². The highest BCUT2D eigenvalue weighted by molar-refractivity contribution is 5.66. The van der Waals surface area contributed by atoms with Crippen LogP contribution in [0.1, 0.15) is 107 Å². The van der Waals surface area contributed by atoms with Gasteiger partial charge in [0.15, 0.2) is 0 Å². The molecule has 0 aliphatic carbocycles. The van der Waals surface area contributed by atoms with Crippen LogP contribution >= 0.6 is 0 Å². The Morgan fingerprint density at radius 2 is 0.947 bits per heavy atom. The first-order valence-corrected chi connectivity index (χ1v) is 19.6. The summed E-state index contributed by atoms with van der Waals surface area (Å²) in [6.45, 7) is 5.22. The molecule has 0 radical (unpaired) electrons. The van der Waals surface area contributed by atoms with Gasteiger partial charge in [-0.05, 0) is 67.9 Å². The van der Waals surface area contributed by atoms with Crippen LogP contribution in [0.15, 0.2) is 60.7 Å². The van der Waals surface area contributed by atoms with Crippen LogP contribution in [0.2, 0.25) is 0 Å². The number of ether oxygens (including phenoxy) is 8. The van der Waals surface area contributed by atoms with Gasteiger partial charge in [0, 0.05) is 46.3 Å². The summed E-state index contributed by atoms with van der Waals surface area (Å²) in [5.41, 5.74) is 2.43. The molecule has 1 aliphatic rings. The van der Waals surface area contributed by atoms with Gasteiger partial charge >= 0.3 is 30.4 Å². The third-order valence-corrected chi connectivity index (χ3v) is 8.19. The molecule has 320 valence electrons. The Morgan fingerprint density at radius 3 is 1.37 bits per heavy atom. The molecule has 0 bridgehead atoms. The van der Waals surface area contributed by atoms with Crippen LogP contribution in [0.5, 0.6) is 0 Å². The molecule has 2 atom stereocenters. The Balaban J connectivity index is 0.000000595. The summed E-state index contributed by atoms with van der Waals surface area (Å²) in [7, 11) is 0. The van der Waals surface area contributed by atoms with Crippen molar-refractivity contribution in [1.29, 1.82) is 0 Å². The monoisotopic (exact) mass is 806 g/mol. The van der Waals surface area contributed by atoms with E-state index in [-0.39, 0.29) is 70.7 Å². The number of aliphatic hydroxyl groups excluding tert-OH is 2. The molecular weight excluding hydrogens is 744 g/mol. The molecule has 1 fully saturated rings. The maximum Gasteiger partial charge on any atom is 0.508 e. The van der Waals surface area contributed by atoms with Crippen molar-refractivity contribution in [3.05, 3.63) is 71.8 Å². The summed E-state index contributed by atoms with van der Waals surface area (Å²) in [6, 6.07) is 20.2. The number of benzene rings is 2. The van der Waals surface area contributed by atoms with Crippen molar-refractivity contribution in [2.75, 3.05) is 66.1 Å². The fraction of sp³-hybridized carbons (Fsp3) is 0.595. The molecule has 1 aliphatic heterocycles. The van der Waals surface area contributed by atoms with Crippen LogP contribution in [0.25, 0.3) is 0 Å². The standard InChI is InChI=1S/C25H36O10.C13H20O2.C4H6O3/c1-20(26)30-15-8-17-33-24(28)32-14-7-6-12-23(22-10-4-3-5-11-22)13-19-35-25(29)34-18-9-16-31-21(2)27;14-10-5-4-8-13(9-11-15)12-6-2-1-3-7-12;5-4-6-2-1-3-7-4/h3-5,10-11,23H,6-9,12-19H2,1-2H3;1-3,6-7,13-15H,4-5,8-11H2;1-3H2. The Hall–Kier alpha value is -4.89. The number of unbranched alkanes of at least 4 members (excludes halogenated alkanes) is 2. The van der Waals surface area contributed by atoms with Gasteiger partial charge in [0.05, 0.1) is 52.9 Å². The molecule has 0 amide bonds. The van der Waals surface area contributed by atoms with Crippen molar-refractivity contribution in [2.45, 2.75) is 96.3 Å². The van der Waals surface area contributed by atoms with Gasteiger partial charge in [0.2, 0.25) is 0 Å². The second-order valence-corrected chi connectivity index (χ2v) is 12.8. The van der Waals surface area contributed by atoms with E-state index in [9.17, 15) is 24.0 Å². The van der Waals surface area contributed by atoms with Crippen LogP contribution in [-0.4, -0.2) is 107 Å². The minimum atomic E-state index is -0.751. The van der Waals surface area contributed by atoms with Gasteiger partial charge in [0.25, 0.3) is 0 Å². The molecule has 2 aromatic rings. The zero-order chi connectivity index (χ0) is 41.8. The summed E-state index contributed by atoms with van der Waals surface area (Å²) in [4.78, 5) is 54.7. The fourth-order valence-electron chi connectivity index (χ4n) is 5.35. The summed E-state index contributed by atoms with van der Waals surface area (Å²) in [5.74, 6) is -0.149. The van der Waals surface area contributed by atoms with Crippen LogP contribution in [0, 0.1) is 0 Å². The van der Waals surface area contributed by atoms with E-state index in [1.54, 1.807) is 0 Å². The van der Waals surface area contributed by atoms with Crippen molar-refractivity contribution in [3.8, 4) is 0 Å². The zero-order valence-corrected chi connectivity index (χ0v) is 33.5. The first-order valence-electron chi connectivity index (χ1n) is 19.6. The number of rotatable bonds is 24. The van der Waals surface area contributed by atoms with Gasteiger partial charge in [0.1, 0.15) is 0 Å². The molecule has 0 spiro atoms. The van der Waals surface area contributed by atoms with Gasteiger partial charge in [-0.2, -0.15) is 0 Å². The van der Waals surface area contributed by atoms with E-state index in [0.29, 0.717) is 44.8 Å². The SMILES string of the molecule is CC(=O)OCCCOC(=O)OCCCCC(CCOC(=O)OCCCOC(C)=O)c1ccccc1.O=C1OCCCO1.OCCCCC(CCO)c1ccccc1. The Kier molecular flexibility index (Phi) is 30.2. The molecule has 1 saturated heterocycles. The van der Waals surface area contributed by atoms with Crippen molar-refractivity contribution in [1.82, 2.24) is 0 Å². The lowest BCUT2D eigenvalue weighted by Gasteiger charge is -2.17. The average Bonchev–Trinajstić information content (AvgIpc) is 3.21. The number of hydrogen-bond acceptors (Lipinski definition) is 15. The van der Waals surface area contributed by atoms with Crippen molar-refractivity contribution in [2.24, 2.45) is 0 Å².